The topological polar surface area (TPSA) is 38.3 Å². The van der Waals surface area contributed by atoms with Gasteiger partial charge < -0.3 is 10.1 Å². The van der Waals surface area contributed by atoms with E-state index in [1.165, 1.54) is 0 Å². The number of amides is 1. The van der Waals surface area contributed by atoms with Crippen molar-refractivity contribution in [2.75, 3.05) is 6.54 Å². The van der Waals surface area contributed by atoms with Crippen LogP contribution < -0.4 is 5.32 Å². The molecule has 3 nitrogen and oxygen atoms in total. The minimum Gasteiger partial charge on any atom is -0.446 e. The van der Waals surface area contributed by atoms with Crippen molar-refractivity contribution in [3.63, 3.8) is 0 Å². The van der Waals surface area contributed by atoms with E-state index in [1.807, 2.05) is 0 Å². The molecule has 0 aromatic carbocycles. The van der Waals surface area contributed by atoms with Gasteiger partial charge in [-0.15, -0.1) is 6.58 Å². The van der Waals surface area contributed by atoms with Crippen molar-refractivity contribution >= 4 is 6.09 Å². The zero-order valence-electron chi connectivity index (χ0n) is 5.80. The molecule has 0 aliphatic carbocycles. The number of hydrogen-bond acceptors (Lipinski definition) is 2. The smallest absolute Gasteiger partial charge is 0.407 e. The van der Waals surface area contributed by atoms with Gasteiger partial charge in [-0.1, -0.05) is 6.08 Å². The molecule has 1 atom stereocenters. The van der Waals surface area contributed by atoms with E-state index in [9.17, 15) is 4.79 Å². The number of ether oxygens (including phenoxy) is 1. The molecule has 0 aromatic heterocycles. The van der Waals surface area contributed by atoms with Gasteiger partial charge in [0.05, 0.1) is 0 Å². The van der Waals surface area contributed by atoms with Crippen molar-refractivity contribution in [3.8, 4) is 0 Å². The summed E-state index contributed by atoms with van der Waals surface area (Å²) in [4.78, 5) is 10.6. The van der Waals surface area contributed by atoms with E-state index in [0.29, 0.717) is 0 Å². The summed E-state index contributed by atoms with van der Waals surface area (Å²) in [5, 5.41) is 2.57. The van der Waals surface area contributed by atoms with Crippen LogP contribution in [0, 0.1) is 0 Å². The van der Waals surface area contributed by atoms with Gasteiger partial charge in [-0.2, -0.15) is 0 Å². The van der Waals surface area contributed by atoms with Crippen LogP contribution in [-0.2, 0) is 4.74 Å². The highest BCUT2D eigenvalue weighted by molar-refractivity contribution is 5.67. The third kappa shape index (κ3) is 1.76. The van der Waals surface area contributed by atoms with Gasteiger partial charge >= 0.3 is 6.09 Å². The molecule has 1 heterocycles. The van der Waals surface area contributed by atoms with Crippen molar-refractivity contribution in [3.05, 3.63) is 12.7 Å². The Kier molecular flexibility index (Phi) is 2.31. The Morgan fingerprint density at radius 1 is 1.90 bits per heavy atom. The highest BCUT2D eigenvalue weighted by Gasteiger charge is 2.17. The Bertz CT molecular complexity index is 145. The maximum Gasteiger partial charge on any atom is 0.407 e. The molecule has 1 saturated heterocycles. The molecule has 1 rings (SSSR count). The Labute approximate surface area is 60.1 Å². The standard InChI is InChI=1S/C7H11NO2/c1-2-3-6-4-5-8-7(9)10-6/h2,6H,1,3-5H2,(H,8,9). The molecule has 3 heteroatoms. The van der Waals surface area contributed by atoms with Crippen molar-refractivity contribution in [2.24, 2.45) is 0 Å². The predicted octanol–water partition coefficient (Wildman–Crippen LogP) is 1.06. The molecule has 56 valence electrons. The van der Waals surface area contributed by atoms with E-state index < -0.39 is 0 Å². The van der Waals surface area contributed by atoms with Crippen LogP contribution in [0.25, 0.3) is 0 Å². The zero-order valence-corrected chi connectivity index (χ0v) is 5.80. The largest absolute Gasteiger partial charge is 0.446 e. The van der Waals surface area contributed by atoms with Gasteiger partial charge in [0.1, 0.15) is 6.10 Å². The second-order valence-electron chi connectivity index (χ2n) is 2.27. The fraction of sp³-hybridized carbons (Fsp3) is 0.571. The summed E-state index contributed by atoms with van der Waals surface area (Å²) in [6.07, 6.45) is 3.15. The third-order valence-electron chi connectivity index (χ3n) is 1.44. The first-order valence-corrected chi connectivity index (χ1v) is 3.38. The van der Waals surface area contributed by atoms with E-state index in [2.05, 4.69) is 11.9 Å². The van der Waals surface area contributed by atoms with Crippen molar-refractivity contribution < 1.29 is 9.53 Å². The lowest BCUT2D eigenvalue weighted by Crippen LogP contribution is -2.37. The summed E-state index contributed by atoms with van der Waals surface area (Å²) in [5.74, 6) is 0. The van der Waals surface area contributed by atoms with Gasteiger partial charge in [0.2, 0.25) is 0 Å². The van der Waals surface area contributed by atoms with Crippen molar-refractivity contribution in [1.82, 2.24) is 5.32 Å². The first kappa shape index (κ1) is 7.12. The summed E-state index contributed by atoms with van der Waals surface area (Å²) in [6, 6.07) is 0. The number of hydrogen-bond donors (Lipinski definition) is 1. The van der Waals surface area contributed by atoms with Crippen LogP contribution >= 0.6 is 0 Å². The Hall–Kier alpha value is -0.990. The Morgan fingerprint density at radius 2 is 2.70 bits per heavy atom. The molecule has 1 N–H and O–H groups in total. The van der Waals surface area contributed by atoms with E-state index in [-0.39, 0.29) is 12.2 Å². The molecule has 1 aliphatic heterocycles. The van der Waals surface area contributed by atoms with E-state index >= 15 is 0 Å². The van der Waals surface area contributed by atoms with Crippen LogP contribution in [0.3, 0.4) is 0 Å². The van der Waals surface area contributed by atoms with Crippen LogP contribution in [0.15, 0.2) is 12.7 Å². The summed E-state index contributed by atoms with van der Waals surface area (Å²) >= 11 is 0. The number of carbonyl (C=O) groups excluding carboxylic acids is 1. The normalized spacial score (nSPS) is 24.8. The van der Waals surface area contributed by atoms with Crippen LogP contribution in [0.1, 0.15) is 12.8 Å². The molecule has 10 heavy (non-hydrogen) atoms. The highest BCUT2D eigenvalue weighted by Crippen LogP contribution is 2.07. The van der Waals surface area contributed by atoms with Crippen LogP contribution in [0.5, 0.6) is 0 Å². The lowest BCUT2D eigenvalue weighted by atomic mass is 10.2. The quantitative estimate of drug-likeness (QED) is 0.584. The maximum atomic E-state index is 10.6. The summed E-state index contributed by atoms with van der Waals surface area (Å²) in [6.45, 7) is 4.29. The zero-order chi connectivity index (χ0) is 7.40. The van der Waals surface area contributed by atoms with Crippen LogP contribution in [-0.4, -0.2) is 18.7 Å². The highest BCUT2D eigenvalue weighted by atomic mass is 16.6. The minimum absolute atomic E-state index is 0.0475. The molecule has 1 aliphatic rings. The number of nitrogens with one attached hydrogen (secondary N) is 1. The number of carbonyl (C=O) groups is 1. The second kappa shape index (κ2) is 3.25. The van der Waals surface area contributed by atoms with Crippen molar-refractivity contribution in [1.29, 1.82) is 0 Å². The first-order chi connectivity index (χ1) is 4.83. The number of cyclic esters (lactones) is 1. The molecule has 0 radical (unpaired) electrons. The molecule has 0 saturated carbocycles. The minimum atomic E-state index is -0.307. The van der Waals surface area contributed by atoms with Crippen molar-refractivity contribution in [2.45, 2.75) is 18.9 Å². The average molecular weight is 141 g/mol. The number of alkyl carbamates (subject to hydrolysis) is 1. The SMILES string of the molecule is C=CCC1CCNC(=O)O1. The average Bonchev–Trinajstić information content (AvgIpc) is 1.88. The fourth-order valence-corrected chi connectivity index (χ4v) is 0.939. The molecule has 0 spiro atoms. The molecule has 1 amide bonds. The Morgan fingerprint density at radius 3 is 3.30 bits per heavy atom. The van der Waals surface area contributed by atoms with Gasteiger partial charge in [0.25, 0.3) is 0 Å². The lowest BCUT2D eigenvalue weighted by Gasteiger charge is -2.21. The summed E-state index contributed by atoms with van der Waals surface area (Å²) in [5.41, 5.74) is 0. The van der Waals surface area contributed by atoms with Gasteiger partial charge in [0.15, 0.2) is 0 Å². The van der Waals surface area contributed by atoms with E-state index in [1.54, 1.807) is 6.08 Å². The maximum absolute atomic E-state index is 10.6. The fourth-order valence-electron chi connectivity index (χ4n) is 0.939. The van der Waals surface area contributed by atoms with Gasteiger partial charge in [-0.05, 0) is 0 Å². The third-order valence-corrected chi connectivity index (χ3v) is 1.44. The summed E-state index contributed by atoms with van der Waals surface area (Å²) in [7, 11) is 0. The first-order valence-electron chi connectivity index (χ1n) is 3.38. The molecule has 0 aromatic rings. The second-order valence-corrected chi connectivity index (χ2v) is 2.27. The molecular weight excluding hydrogens is 130 g/mol. The van der Waals surface area contributed by atoms with Crippen LogP contribution in [0.4, 0.5) is 4.79 Å². The Balaban J connectivity index is 2.31. The monoisotopic (exact) mass is 141 g/mol. The van der Waals surface area contributed by atoms with Gasteiger partial charge in [-0.3, -0.25) is 0 Å². The predicted molar refractivity (Wildman–Crippen MR) is 37.7 cm³/mol. The molecular formula is C7H11NO2. The molecule has 0 bridgehead atoms. The summed E-state index contributed by atoms with van der Waals surface area (Å²) < 4.78 is 4.91. The van der Waals surface area contributed by atoms with E-state index in [0.717, 1.165) is 19.4 Å². The lowest BCUT2D eigenvalue weighted by molar-refractivity contribution is 0.0758. The van der Waals surface area contributed by atoms with Gasteiger partial charge in [-0.25, -0.2) is 4.79 Å². The van der Waals surface area contributed by atoms with Gasteiger partial charge in [0, 0.05) is 19.4 Å². The molecule has 1 unspecified atom stereocenters. The molecule has 1 fully saturated rings. The number of rotatable bonds is 2. The van der Waals surface area contributed by atoms with Crippen LogP contribution in [0.2, 0.25) is 0 Å². The van der Waals surface area contributed by atoms with E-state index in [4.69, 9.17) is 4.74 Å².